The number of piperidine rings is 2. The number of nitrogens with zero attached hydrogens (tertiary/aromatic N) is 3. The lowest BCUT2D eigenvalue weighted by atomic mass is 9.68. The molecule has 1 N–H and O–H groups in total. The number of aromatic nitrogens is 2. The fourth-order valence-corrected chi connectivity index (χ4v) is 4.45. The van der Waals surface area contributed by atoms with Gasteiger partial charge in [0.2, 0.25) is 17.6 Å². The molecule has 0 aliphatic carbocycles. The Morgan fingerprint density at radius 1 is 1.33 bits per heavy atom. The molecule has 0 radical (unpaired) electrons. The molecule has 2 saturated heterocycles. The molecule has 7 heteroatoms. The first-order valence-corrected chi connectivity index (χ1v) is 9.51. The number of likely N-dealkylation sites (tertiary alicyclic amines) is 1. The van der Waals surface area contributed by atoms with Crippen LogP contribution in [-0.4, -0.2) is 46.0 Å². The summed E-state index contributed by atoms with van der Waals surface area (Å²) in [4.78, 5) is 32.0. The van der Waals surface area contributed by atoms with Crippen molar-refractivity contribution in [2.24, 2.45) is 5.41 Å². The number of amides is 2. The molecule has 142 valence electrons. The quantitative estimate of drug-likeness (QED) is 0.880. The molecule has 2 aliphatic rings. The summed E-state index contributed by atoms with van der Waals surface area (Å²) < 4.78 is 5.04. The van der Waals surface area contributed by atoms with Crippen molar-refractivity contribution in [1.82, 2.24) is 20.4 Å². The molecule has 2 fully saturated rings. The molecule has 0 bridgehead atoms. The summed E-state index contributed by atoms with van der Waals surface area (Å²) in [6, 6.07) is 7.15. The van der Waals surface area contributed by atoms with E-state index in [0.717, 1.165) is 37.8 Å². The predicted octanol–water partition coefficient (Wildman–Crippen LogP) is 2.57. The van der Waals surface area contributed by atoms with Gasteiger partial charge in [-0.25, -0.2) is 0 Å². The van der Waals surface area contributed by atoms with E-state index in [1.807, 2.05) is 24.0 Å². The van der Waals surface area contributed by atoms with E-state index in [1.165, 1.54) is 0 Å². The standard InChI is InChI=1S/C20H24N4O3/c1-13-20(8-4-10-21-19(20)26)9-5-11-24(13)18(25)16-7-3-6-15(12-16)17-22-14(2)27-23-17/h3,6-7,12-13H,4-5,8-11H2,1-2H3,(H,21,26)/t13-,20-/m0/s1. The second-order valence-corrected chi connectivity index (χ2v) is 7.51. The lowest BCUT2D eigenvalue weighted by Gasteiger charge is -2.49. The first-order valence-electron chi connectivity index (χ1n) is 9.51. The summed E-state index contributed by atoms with van der Waals surface area (Å²) in [7, 11) is 0. The molecule has 4 rings (SSSR count). The second kappa shape index (κ2) is 6.79. The molecule has 2 aliphatic heterocycles. The predicted molar refractivity (Wildman–Crippen MR) is 98.9 cm³/mol. The van der Waals surface area contributed by atoms with E-state index >= 15 is 0 Å². The summed E-state index contributed by atoms with van der Waals surface area (Å²) in [5.41, 5.74) is 0.858. The molecule has 3 heterocycles. The van der Waals surface area contributed by atoms with Crippen molar-refractivity contribution in [2.45, 2.75) is 45.6 Å². The number of carbonyl (C=O) groups is 2. The van der Waals surface area contributed by atoms with Crippen LogP contribution in [0.1, 0.15) is 48.9 Å². The van der Waals surface area contributed by atoms with Crippen molar-refractivity contribution in [3.05, 3.63) is 35.7 Å². The van der Waals surface area contributed by atoms with E-state index in [2.05, 4.69) is 15.5 Å². The van der Waals surface area contributed by atoms with E-state index in [0.29, 0.717) is 23.8 Å². The SMILES string of the molecule is Cc1nc(-c2cccc(C(=O)N3CCC[C@@]4(CCCNC4=O)[C@@H]3C)c2)no1. The Bertz CT molecular complexity index is 874. The van der Waals surface area contributed by atoms with Gasteiger partial charge in [0.25, 0.3) is 5.91 Å². The first-order chi connectivity index (χ1) is 13.0. The van der Waals surface area contributed by atoms with Crippen LogP contribution in [0.15, 0.2) is 28.8 Å². The first kappa shape index (κ1) is 17.7. The van der Waals surface area contributed by atoms with Crippen LogP contribution in [0.2, 0.25) is 0 Å². The van der Waals surface area contributed by atoms with Crippen LogP contribution in [0.5, 0.6) is 0 Å². The molecule has 27 heavy (non-hydrogen) atoms. The molecule has 1 spiro atoms. The van der Waals surface area contributed by atoms with Crippen molar-refractivity contribution in [3.63, 3.8) is 0 Å². The largest absolute Gasteiger partial charge is 0.356 e. The van der Waals surface area contributed by atoms with Gasteiger partial charge in [-0.05, 0) is 44.7 Å². The van der Waals surface area contributed by atoms with Gasteiger partial charge in [0.05, 0.1) is 5.41 Å². The Hall–Kier alpha value is -2.70. The van der Waals surface area contributed by atoms with Crippen LogP contribution in [0.25, 0.3) is 11.4 Å². The summed E-state index contributed by atoms with van der Waals surface area (Å²) >= 11 is 0. The molecule has 2 atom stereocenters. The molecule has 7 nitrogen and oxygen atoms in total. The Morgan fingerprint density at radius 3 is 2.89 bits per heavy atom. The molecule has 1 aromatic heterocycles. The molecule has 2 aromatic rings. The third kappa shape index (κ3) is 3.01. The average molecular weight is 368 g/mol. The lowest BCUT2D eigenvalue weighted by molar-refractivity contribution is -0.140. The topological polar surface area (TPSA) is 88.3 Å². The van der Waals surface area contributed by atoms with Gasteiger partial charge >= 0.3 is 0 Å². The molecule has 0 saturated carbocycles. The number of nitrogens with one attached hydrogen (secondary N) is 1. The molecule has 1 aromatic carbocycles. The lowest BCUT2D eigenvalue weighted by Crippen LogP contribution is -2.61. The molecular weight excluding hydrogens is 344 g/mol. The van der Waals surface area contributed by atoms with Gasteiger partial charge < -0.3 is 14.7 Å². The summed E-state index contributed by atoms with van der Waals surface area (Å²) in [6.45, 7) is 5.14. The maximum absolute atomic E-state index is 13.3. The van der Waals surface area contributed by atoms with Crippen molar-refractivity contribution >= 4 is 11.8 Å². The summed E-state index contributed by atoms with van der Waals surface area (Å²) in [5.74, 6) is 0.991. The Labute approximate surface area is 158 Å². The zero-order valence-corrected chi connectivity index (χ0v) is 15.7. The van der Waals surface area contributed by atoms with Crippen molar-refractivity contribution in [1.29, 1.82) is 0 Å². The van der Waals surface area contributed by atoms with Crippen molar-refractivity contribution < 1.29 is 14.1 Å². The highest BCUT2D eigenvalue weighted by molar-refractivity contribution is 5.96. The smallest absolute Gasteiger partial charge is 0.254 e. The third-order valence-corrected chi connectivity index (χ3v) is 5.98. The summed E-state index contributed by atoms with van der Waals surface area (Å²) in [6.07, 6.45) is 3.48. The number of rotatable bonds is 2. The molecular formula is C20H24N4O3. The third-order valence-electron chi connectivity index (χ3n) is 5.98. The number of hydrogen-bond donors (Lipinski definition) is 1. The van der Waals surface area contributed by atoms with E-state index in [9.17, 15) is 9.59 Å². The Balaban J connectivity index is 1.61. The van der Waals surface area contributed by atoms with Gasteiger partial charge in [-0.1, -0.05) is 17.3 Å². The van der Waals surface area contributed by atoms with Gasteiger partial charge in [0.15, 0.2) is 0 Å². The Kier molecular flexibility index (Phi) is 4.45. The van der Waals surface area contributed by atoms with Crippen LogP contribution < -0.4 is 5.32 Å². The summed E-state index contributed by atoms with van der Waals surface area (Å²) in [5, 5.41) is 6.93. The molecule has 2 amide bonds. The van der Waals surface area contributed by atoms with Gasteiger partial charge in [0, 0.05) is 37.2 Å². The Morgan fingerprint density at radius 2 is 2.15 bits per heavy atom. The monoisotopic (exact) mass is 368 g/mol. The van der Waals surface area contributed by atoms with Crippen LogP contribution in [-0.2, 0) is 4.79 Å². The van der Waals surface area contributed by atoms with Crippen molar-refractivity contribution in [3.8, 4) is 11.4 Å². The second-order valence-electron chi connectivity index (χ2n) is 7.51. The number of benzene rings is 1. The van der Waals surface area contributed by atoms with Crippen LogP contribution in [0, 0.1) is 12.3 Å². The van der Waals surface area contributed by atoms with Gasteiger partial charge in [-0.2, -0.15) is 4.98 Å². The van der Waals surface area contributed by atoms with Crippen molar-refractivity contribution in [2.75, 3.05) is 13.1 Å². The number of aryl methyl sites for hydroxylation is 1. The normalized spacial score (nSPS) is 25.5. The minimum Gasteiger partial charge on any atom is -0.356 e. The zero-order valence-electron chi connectivity index (χ0n) is 15.7. The van der Waals surface area contributed by atoms with Crippen LogP contribution >= 0.6 is 0 Å². The van der Waals surface area contributed by atoms with E-state index in [-0.39, 0.29) is 17.9 Å². The van der Waals surface area contributed by atoms with E-state index in [4.69, 9.17) is 4.52 Å². The average Bonchev–Trinajstić information content (AvgIpc) is 3.12. The highest BCUT2D eigenvalue weighted by atomic mass is 16.5. The maximum atomic E-state index is 13.3. The maximum Gasteiger partial charge on any atom is 0.254 e. The minimum absolute atomic E-state index is 0.0537. The van der Waals surface area contributed by atoms with Crippen LogP contribution in [0.3, 0.4) is 0 Å². The van der Waals surface area contributed by atoms with Gasteiger partial charge in [-0.3, -0.25) is 9.59 Å². The zero-order chi connectivity index (χ0) is 19.0. The highest BCUT2D eigenvalue weighted by Gasteiger charge is 2.50. The van der Waals surface area contributed by atoms with Crippen LogP contribution in [0.4, 0.5) is 0 Å². The fourth-order valence-electron chi connectivity index (χ4n) is 4.45. The number of hydrogen-bond acceptors (Lipinski definition) is 5. The highest BCUT2D eigenvalue weighted by Crippen LogP contribution is 2.42. The van der Waals surface area contributed by atoms with Gasteiger partial charge in [0.1, 0.15) is 0 Å². The minimum atomic E-state index is -0.464. The molecule has 0 unspecified atom stereocenters. The van der Waals surface area contributed by atoms with Gasteiger partial charge in [-0.15, -0.1) is 0 Å². The number of carbonyl (C=O) groups excluding carboxylic acids is 2. The fraction of sp³-hybridized carbons (Fsp3) is 0.500. The van der Waals surface area contributed by atoms with E-state index in [1.54, 1.807) is 19.1 Å². The van der Waals surface area contributed by atoms with E-state index < -0.39 is 5.41 Å².